The van der Waals surface area contributed by atoms with E-state index in [1.807, 2.05) is 11.9 Å². The third kappa shape index (κ3) is 4.91. The van der Waals surface area contributed by atoms with Gasteiger partial charge in [0.25, 0.3) is 0 Å². The number of sulfone groups is 1. The highest BCUT2D eigenvalue weighted by Crippen LogP contribution is 2.46. The summed E-state index contributed by atoms with van der Waals surface area (Å²) in [7, 11) is -3.40. The molecule has 5 atom stereocenters. The second kappa shape index (κ2) is 11.1. The predicted molar refractivity (Wildman–Crippen MR) is 171 cm³/mol. The Balaban J connectivity index is 0.00000212. The SMILES string of the molecule is C.C.CCN1N=NC2C1=CC(N1CC(C)(C)c3c1ncnc3N1C[C@@H](C)N(C(=O)[C@@]3(C)CCS3(=O)=O)C[C@@H]1C)=NCC2C. The molecule has 12 nitrogen and oxygen atoms in total. The van der Waals surface area contributed by atoms with Gasteiger partial charge in [0.05, 0.1) is 11.4 Å². The first-order valence-corrected chi connectivity index (χ1v) is 16.3. The fourth-order valence-corrected chi connectivity index (χ4v) is 8.36. The van der Waals surface area contributed by atoms with Crippen LogP contribution in [0.25, 0.3) is 0 Å². The van der Waals surface area contributed by atoms with E-state index < -0.39 is 14.6 Å². The predicted octanol–water partition coefficient (Wildman–Crippen LogP) is 3.85. The van der Waals surface area contributed by atoms with Gasteiger partial charge in [-0.3, -0.25) is 9.79 Å². The number of hydrogen-bond donors (Lipinski definition) is 0. The van der Waals surface area contributed by atoms with Gasteiger partial charge in [0, 0.05) is 67.8 Å². The van der Waals surface area contributed by atoms with Crippen molar-refractivity contribution >= 4 is 33.2 Å². The van der Waals surface area contributed by atoms with E-state index >= 15 is 0 Å². The second-order valence-corrected chi connectivity index (χ2v) is 15.6. The molecule has 2 saturated heterocycles. The topological polar surface area (TPSA) is 127 Å². The Hall–Kier alpha value is -3.09. The summed E-state index contributed by atoms with van der Waals surface area (Å²) >= 11 is 0. The zero-order valence-electron chi connectivity index (χ0n) is 25.1. The van der Waals surface area contributed by atoms with E-state index in [9.17, 15) is 13.2 Å². The summed E-state index contributed by atoms with van der Waals surface area (Å²) in [5.41, 5.74) is 1.88. The fraction of sp³-hybridized carbons (Fsp3) is 0.733. The van der Waals surface area contributed by atoms with E-state index in [4.69, 9.17) is 15.0 Å². The molecule has 1 aromatic rings. The first-order chi connectivity index (χ1) is 19.3. The van der Waals surface area contributed by atoms with E-state index in [0.717, 1.165) is 35.3 Å². The number of rotatable bonds is 3. The smallest absolute Gasteiger partial charge is 0.244 e. The molecule has 0 aliphatic carbocycles. The maximum absolute atomic E-state index is 13.5. The van der Waals surface area contributed by atoms with Crippen LogP contribution in [-0.4, -0.2) is 101 Å². The third-order valence-corrected chi connectivity index (χ3v) is 12.1. The monoisotopic (exact) mass is 615 g/mol. The standard InChI is InChI=1S/C28H41N9O3S.2CH4/c1-8-37-20-11-21(29-12-17(2)23(20)32-33-37)36-15-27(5,6)22-24(30-16-31-25(22)36)34-13-19(4)35(14-18(34)3)26(38)28(7)9-10-41(28,39)40;;/h11,16-19,23H,8-10,12-15H2,1-7H3;2*1H4/t17?,18-,19+,23?,28+;;/m0../s1. The Morgan fingerprint density at radius 1 is 1.05 bits per heavy atom. The van der Waals surface area contributed by atoms with Gasteiger partial charge in [-0.15, -0.1) is 0 Å². The van der Waals surface area contributed by atoms with Crippen LogP contribution in [0, 0.1) is 5.92 Å². The molecule has 6 rings (SSSR count). The van der Waals surface area contributed by atoms with Gasteiger partial charge in [-0.25, -0.2) is 23.4 Å². The van der Waals surface area contributed by atoms with Crippen LogP contribution in [0.3, 0.4) is 0 Å². The van der Waals surface area contributed by atoms with Gasteiger partial charge in [-0.1, -0.05) is 40.8 Å². The molecule has 0 saturated carbocycles. The van der Waals surface area contributed by atoms with Gasteiger partial charge in [-0.05, 0) is 34.1 Å². The largest absolute Gasteiger partial charge is 0.350 e. The number of nitrogens with zero attached hydrogens (tertiary/aromatic N) is 9. The van der Waals surface area contributed by atoms with Crippen molar-refractivity contribution in [1.82, 2.24) is 19.9 Å². The summed E-state index contributed by atoms with van der Waals surface area (Å²) in [4.78, 5) is 34.3. The molecule has 0 spiro atoms. The molecular formula is C30H49N9O3S. The van der Waals surface area contributed by atoms with E-state index in [2.05, 4.69) is 60.8 Å². The molecule has 238 valence electrons. The quantitative estimate of drug-likeness (QED) is 0.502. The van der Waals surface area contributed by atoms with Crippen molar-refractivity contribution in [2.75, 3.05) is 48.3 Å². The molecule has 6 heterocycles. The average Bonchev–Trinajstić information content (AvgIpc) is 3.42. The number of amidine groups is 1. The van der Waals surface area contributed by atoms with Crippen molar-refractivity contribution in [2.45, 2.75) is 98.0 Å². The van der Waals surface area contributed by atoms with Crippen molar-refractivity contribution in [3.63, 3.8) is 0 Å². The molecular weight excluding hydrogens is 566 g/mol. The molecule has 2 fully saturated rings. The van der Waals surface area contributed by atoms with Crippen LogP contribution in [0.2, 0.25) is 0 Å². The molecule has 43 heavy (non-hydrogen) atoms. The Morgan fingerprint density at radius 3 is 2.37 bits per heavy atom. The minimum Gasteiger partial charge on any atom is -0.350 e. The van der Waals surface area contributed by atoms with E-state index in [0.29, 0.717) is 32.6 Å². The van der Waals surface area contributed by atoms with Crippen molar-refractivity contribution in [1.29, 1.82) is 0 Å². The van der Waals surface area contributed by atoms with Gasteiger partial charge >= 0.3 is 0 Å². The zero-order chi connectivity index (χ0) is 29.5. The summed E-state index contributed by atoms with van der Waals surface area (Å²) in [6.45, 7) is 17.4. The first-order valence-electron chi connectivity index (χ1n) is 14.7. The number of carbonyl (C=O) groups excluding carboxylic acids is 1. The maximum Gasteiger partial charge on any atom is 0.244 e. The lowest BCUT2D eigenvalue weighted by molar-refractivity contribution is -0.137. The highest BCUT2D eigenvalue weighted by Gasteiger charge is 2.57. The molecule has 1 aromatic heterocycles. The molecule has 0 bridgehead atoms. The average molecular weight is 616 g/mol. The maximum atomic E-state index is 13.5. The second-order valence-electron chi connectivity index (χ2n) is 13.1. The Morgan fingerprint density at radius 2 is 1.74 bits per heavy atom. The van der Waals surface area contributed by atoms with Crippen LogP contribution in [0.15, 0.2) is 33.4 Å². The lowest BCUT2D eigenvalue weighted by Crippen LogP contribution is -2.66. The van der Waals surface area contributed by atoms with Gasteiger partial charge in [0.1, 0.15) is 34.6 Å². The molecule has 5 aliphatic rings. The zero-order valence-corrected chi connectivity index (χ0v) is 25.9. The van der Waals surface area contributed by atoms with Crippen LogP contribution in [-0.2, 0) is 20.0 Å². The van der Waals surface area contributed by atoms with E-state index in [-0.39, 0.29) is 56.0 Å². The molecule has 0 radical (unpaired) electrons. The number of anilines is 2. The minimum absolute atomic E-state index is 0. The number of aromatic nitrogens is 2. The minimum atomic E-state index is -3.40. The van der Waals surface area contributed by atoms with E-state index in [1.165, 1.54) is 0 Å². The molecule has 2 unspecified atom stereocenters. The van der Waals surface area contributed by atoms with Gasteiger partial charge in [0.2, 0.25) is 5.91 Å². The highest BCUT2D eigenvalue weighted by molar-refractivity contribution is 7.95. The number of carbonyl (C=O) groups is 1. The van der Waals surface area contributed by atoms with E-state index in [1.54, 1.807) is 18.2 Å². The van der Waals surface area contributed by atoms with Crippen molar-refractivity contribution in [2.24, 2.45) is 21.2 Å². The lowest BCUT2D eigenvalue weighted by atomic mass is 9.87. The number of amides is 1. The molecule has 13 heteroatoms. The van der Waals surface area contributed by atoms with Crippen molar-refractivity contribution < 1.29 is 13.2 Å². The van der Waals surface area contributed by atoms with Crippen LogP contribution in [0.5, 0.6) is 0 Å². The van der Waals surface area contributed by atoms with Gasteiger partial charge in [0.15, 0.2) is 9.84 Å². The summed E-state index contributed by atoms with van der Waals surface area (Å²) in [6.07, 6.45) is 4.12. The van der Waals surface area contributed by atoms with Crippen LogP contribution >= 0.6 is 0 Å². The summed E-state index contributed by atoms with van der Waals surface area (Å²) < 4.78 is 23.7. The molecule has 0 aromatic carbocycles. The number of likely N-dealkylation sites (N-methyl/N-ethyl adjacent to an activating group) is 1. The normalized spacial score (nSPS) is 32.0. The van der Waals surface area contributed by atoms with Crippen molar-refractivity contribution in [3.05, 3.63) is 23.7 Å². The Labute approximate surface area is 257 Å². The highest BCUT2D eigenvalue weighted by atomic mass is 32.2. The number of piperazine rings is 1. The summed E-state index contributed by atoms with van der Waals surface area (Å²) in [5.74, 6) is 2.63. The fourth-order valence-electron chi connectivity index (χ4n) is 6.83. The van der Waals surface area contributed by atoms with Crippen molar-refractivity contribution in [3.8, 4) is 0 Å². The summed E-state index contributed by atoms with van der Waals surface area (Å²) in [6, 6.07) is -0.211. The summed E-state index contributed by atoms with van der Waals surface area (Å²) in [5, 5.41) is 10.9. The number of aliphatic imine (C=N–C) groups is 1. The number of fused-ring (bicyclic) bond motifs is 2. The van der Waals surface area contributed by atoms with Gasteiger partial charge in [-0.2, -0.15) is 5.11 Å². The van der Waals surface area contributed by atoms with Gasteiger partial charge < -0.3 is 14.7 Å². The molecule has 5 aliphatic heterocycles. The number of hydrogen-bond acceptors (Lipinski definition) is 11. The Bertz CT molecular complexity index is 1470. The molecule has 1 amide bonds. The van der Waals surface area contributed by atoms with Crippen LogP contribution < -0.4 is 9.80 Å². The van der Waals surface area contributed by atoms with Crippen LogP contribution in [0.1, 0.15) is 75.3 Å². The molecule has 0 N–H and O–H groups in total. The Kier molecular flexibility index (Phi) is 8.49. The lowest BCUT2D eigenvalue weighted by Gasteiger charge is -2.49. The van der Waals surface area contributed by atoms with Crippen LogP contribution in [0.4, 0.5) is 11.6 Å². The first kappa shape index (κ1) is 32.8. The third-order valence-electron chi connectivity index (χ3n) is 9.62.